The number of nitrogens with one attached hydrogen (secondary N) is 1. The van der Waals surface area contributed by atoms with E-state index in [1.54, 1.807) is 24.3 Å². The number of halogens is 3. The van der Waals surface area contributed by atoms with Gasteiger partial charge in [0, 0.05) is 0 Å². The highest BCUT2D eigenvalue weighted by molar-refractivity contribution is 5.95. The van der Waals surface area contributed by atoms with Crippen LogP contribution in [0, 0.1) is 17.5 Å². The molecular weight excluding hydrogens is 391 g/mol. The molecule has 29 heavy (non-hydrogen) atoms. The van der Waals surface area contributed by atoms with Gasteiger partial charge in [-0.3, -0.25) is 9.59 Å². The van der Waals surface area contributed by atoms with E-state index in [9.17, 15) is 22.8 Å². The lowest BCUT2D eigenvalue weighted by atomic mass is 10.2. The van der Waals surface area contributed by atoms with Gasteiger partial charge in [-0.1, -0.05) is 12.1 Å². The molecule has 9 heteroatoms. The molecule has 0 bridgehead atoms. The molecule has 2 aromatic carbocycles. The summed E-state index contributed by atoms with van der Waals surface area (Å²) < 4.78 is 55.5. The number of rotatable bonds is 9. The molecule has 1 amide bonds. The summed E-state index contributed by atoms with van der Waals surface area (Å²) in [4.78, 5) is 23.9. The van der Waals surface area contributed by atoms with E-state index in [0.29, 0.717) is 24.2 Å². The number of para-hydroxylation sites is 2. The van der Waals surface area contributed by atoms with E-state index in [2.05, 4.69) is 0 Å². The van der Waals surface area contributed by atoms with Gasteiger partial charge in [0.25, 0.3) is 5.91 Å². The topological polar surface area (TPSA) is 73.9 Å². The first-order valence-electron chi connectivity index (χ1n) is 8.82. The van der Waals surface area contributed by atoms with Crippen LogP contribution in [0.1, 0.15) is 20.3 Å². The molecule has 0 spiro atoms. The number of amides is 1. The second-order valence-corrected chi connectivity index (χ2v) is 5.82. The Morgan fingerprint density at radius 1 is 1.00 bits per heavy atom. The number of esters is 1. The number of carbonyl (C=O) groups is 2. The summed E-state index contributed by atoms with van der Waals surface area (Å²) >= 11 is 0. The van der Waals surface area contributed by atoms with Crippen molar-refractivity contribution in [2.45, 2.75) is 26.4 Å². The summed E-state index contributed by atoms with van der Waals surface area (Å²) in [7, 11) is 0. The van der Waals surface area contributed by atoms with Gasteiger partial charge in [0.15, 0.2) is 35.1 Å². The summed E-state index contributed by atoms with van der Waals surface area (Å²) in [6, 6.07) is 8.47. The van der Waals surface area contributed by atoms with Crippen LogP contribution >= 0.6 is 0 Å². The average Bonchev–Trinajstić information content (AvgIpc) is 2.69. The van der Waals surface area contributed by atoms with Crippen LogP contribution < -0.4 is 14.8 Å². The molecule has 1 N–H and O–H groups in total. The number of anilines is 1. The number of hydrogen-bond donors (Lipinski definition) is 1. The molecule has 0 unspecified atom stereocenters. The second kappa shape index (κ2) is 10.4. The third kappa shape index (κ3) is 6.13. The Kier molecular flexibility index (Phi) is 7.88. The van der Waals surface area contributed by atoms with Gasteiger partial charge in [-0.15, -0.1) is 0 Å². The fourth-order valence-electron chi connectivity index (χ4n) is 2.25. The molecule has 1 atom stereocenters. The standard InChI is InChI=1S/C20H20F3NO5/c1-3-27-15-6-4-5-7-16(15)28-11-10-17(25)29-12(2)20(26)24-14-9-8-13(21)18(22)19(14)23/h4-9,12H,3,10-11H2,1-2H3,(H,24,26)/t12-/m0/s1. The lowest BCUT2D eigenvalue weighted by molar-refractivity contribution is -0.153. The number of benzene rings is 2. The quantitative estimate of drug-likeness (QED) is 0.501. The van der Waals surface area contributed by atoms with Crippen LogP contribution in [-0.4, -0.2) is 31.2 Å². The Hall–Kier alpha value is -3.23. The maximum atomic E-state index is 13.6. The molecule has 0 aliphatic carbocycles. The summed E-state index contributed by atoms with van der Waals surface area (Å²) in [5.41, 5.74) is -0.562. The fraction of sp³-hybridized carbons (Fsp3) is 0.300. The Labute approximate surface area is 165 Å². The summed E-state index contributed by atoms with van der Waals surface area (Å²) in [6.07, 6.45) is -1.44. The molecule has 0 heterocycles. The van der Waals surface area contributed by atoms with E-state index in [-0.39, 0.29) is 13.0 Å². The van der Waals surface area contributed by atoms with Gasteiger partial charge in [0.2, 0.25) is 0 Å². The van der Waals surface area contributed by atoms with Gasteiger partial charge in [-0.2, -0.15) is 0 Å². The smallest absolute Gasteiger partial charge is 0.310 e. The zero-order valence-corrected chi connectivity index (χ0v) is 15.8. The highest BCUT2D eigenvalue weighted by Crippen LogP contribution is 2.26. The lowest BCUT2D eigenvalue weighted by Crippen LogP contribution is -2.30. The van der Waals surface area contributed by atoms with Gasteiger partial charge in [-0.25, -0.2) is 13.2 Å². The fourth-order valence-corrected chi connectivity index (χ4v) is 2.25. The van der Waals surface area contributed by atoms with Crippen molar-refractivity contribution in [2.75, 3.05) is 18.5 Å². The van der Waals surface area contributed by atoms with Crippen LogP contribution in [0.5, 0.6) is 11.5 Å². The van der Waals surface area contributed by atoms with Crippen molar-refractivity contribution in [2.24, 2.45) is 0 Å². The van der Waals surface area contributed by atoms with Crippen molar-refractivity contribution < 1.29 is 37.0 Å². The van der Waals surface area contributed by atoms with Crippen molar-refractivity contribution in [1.82, 2.24) is 0 Å². The monoisotopic (exact) mass is 411 g/mol. The molecule has 0 aliphatic heterocycles. The maximum Gasteiger partial charge on any atom is 0.310 e. The van der Waals surface area contributed by atoms with E-state index in [1.807, 2.05) is 12.2 Å². The van der Waals surface area contributed by atoms with Gasteiger partial charge in [0.1, 0.15) is 0 Å². The maximum absolute atomic E-state index is 13.6. The van der Waals surface area contributed by atoms with E-state index >= 15 is 0 Å². The minimum atomic E-state index is -1.71. The van der Waals surface area contributed by atoms with Gasteiger partial charge in [-0.05, 0) is 38.1 Å². The minimum Gasteiger partial charge on any atom is -0.490 e. The second-order valence-electron chi connectivity index (χ2n) is 5.82. The largest absolute Gasteiger partial charge is 0.490 e. The van der Waals surface area contributed by atoms with E-state index in [1.165, 1.54) is 6.92 Å². The molecule has 156 valence electrons. The normalized spacial score (nSPS) is 11.5. The Balaban J connectivity index is 1.83. The first-order chi connectivity index (χ1) is 13.8. The van der Waals surface area contributed by atoms with Gasteiger partial charge in [0.05, 0.1) is 25.3 Å². The van der Waals surface area contributed by atoms with Crippen LogP contribution in [0.2, 0.25) is 0 Å². The molecule has 2 rings (SSSR count). The molecule has 0 radical (unpaired) electrons. The van der Waals surface area contributed by atoms with Crippen molar-refractivity contribution in [3.05, 3.63) is 53.8 Å². The summed E-state index contributed by atoms with van der Waals surface area (Å²) in [5.74, 6) is -5.27. The molecule has 0 fully saturated rings. The van der Waals surface area contributed by atoms with Crippen molar-refractivity contribution in [1.29, 1.82) is 0 Å². The summed E-state index contributed by atoms with van der Waals surface area (Å²) in [6.45, 7) is 3.52. The van der Waals surface area contributed by atoms with Crippen LogP contribution in [0.3, 0.4) is 0 Å². The van der Waals surface area contributed by atoms with Crippen molar-refractivity contribution in [3.63, 3.8) is 0 Å². The highest BCUT2D eigenvalue weighted by atomic mass is 19.2. The van der Waals surface area contributed by atoms with Gasteiger partial charge < -0.3 is 19.5 Å². The third-order valence-corrected chi connectivity index (χ3v) is 3.68. The average molecular weight is 411 g/mol. The minimum absolute atomic E-state index is 0.0188. The molecule has 0 saturated carbocycles. The predicted molar refractivity (Wildman–Crippen MR) is 98.2 cm³/mol. The number of ether oxygens (including phenoxy) is 3. The molecule has 2 aromatic rings. The van der Waals surface area contributed by atoms with Crippen molar-refractivity contribution >= 4 is 17.6 Å². The van der Waals surface area contributed by atoms with Crippen LogP contribution in [0.4, 0.5) is 18.9 Å². The van der Waals surface area contributed by atoms with E-state index < -0.39 is 41.1 Å². The predicted octanol–water partition coefficient (Wildman–Crippen LogP) is 3.84. The van der Waals surface area contributed by atoms with Crippen molar-refractivity contribution in [3.8, 4) is 11.5 Å². The highest BCUT2D eigenvalue weighted by Gasteiger charge is 2.21. The summed E-state index contributed by atoms with van der Waals surface area (Å²) in [5, 5.41) is 2.04. The Bertz CT molecular complexity index is 875. The molecule has 0 aliphatic rings. The molecule has 6 nitrogen and oxygen atoms in total. The molecule has 0 saturated heterocycles. The number of carbonyl (C=O) groups excluding carboxylic acids is 2. The van der Waals surface area contributed by atoms with Crippen LogP contribution in [0.25, 0.3) is 0 Å². The zero-order chi connectivity index (χ0) is 21.4. The van der Waals surface area contributed by atoms with E-state index in [4.69, 9.17) is 14.2 Å². The Morgan fingerprint density at radius 3 is 2.31 bits per heavy atom. The zero-order valence-electron chi connectivity index (χ0n) is 15.8. The molecular formula is C20H20F3NO5. The number of hydrogen-bond acceptors (Lipinski definition) is 5. The first-order valence-corrected chi connectivity index (χ1v) is 8.82. The SMILES string of the molecule is CCOc1ccccc1OCCC(=O)O[C@@H](C)C(=O)Nc1ccc(F)c(F)c1F. The lowest BCUT2D eigenvalue weighted by Gasteiger charge is -2.15. The van der Waals surface area contributed by atoms with Crippen LogP contribution in [0.15, 0.2) is 36.4 Å². The Morgan fingerprint density at radius 2 is 1.66 bits per heavy atom. The van der Waals surface area contributed by atoms with Gasteiger partial charge >= 0.3 is 5.97 Å². The molecule has 0 aromatic heterocycles. The third-order valence-electron chi connectivity index (χ3n) is 3.68. The first kappa shape index (κ1) is 22.1. The van der Waals surface area contributed by atoms with E-state index in [0.717, 1.165) is 6.07 Å². The van der Waals surface area contributed by atoms with Crippen LogP contribution in [-0.2, 0) is 14.3 Å².